The molecule has 0 aromatic heterocycles. The SMILES string of the molecule is CCCCCCCCCCC(O)C(C)(C)N1CCCCC1. The predicted molar refractivity (Wildman–Crippen MR) is 92.7 cm³/mol. The standard InChI is InChI=1S/C19H39NO/c1-4-5-6-7-8-9-10-12-15-18(21)19(2,3)20-16-13-11-14-17-20/h18,21H,4-17H2,1-3H3. The third kappa shape index (κ3) is 7.15. The van der Waals surface area contributed by atoms with E-state index in [0.29, 0.717) is 0 Å². The van der Waals surface area contributed by atoms with Gasteiger partial charge in [0.05, 0.1) is 6.10 Å². The molecule has 0 amide bonds. The van der Waals surface area contributed by atoms with Crippen molar-refractivity contribution in [3.8, 4) is 0 Å². The van der Waals surface area contributed by atoms with Gasteiger partial charge in [0.1, 0.15) is 0 Å². The van der Waals surface area contributed by atoms with Gasteiger partial charge in [-0.3, -0.25) is 4.90 Å². The highest BCUT2D eigenvalue weighted by Crippen LogP contribution is 2.26. The number of nitrogens with zero attached hydrogens (tertiary/aromatic N) is 1. The Morgan fingerprint density at radius 2 is 1.38 bits per heavy atom. The monoisotopic (exact) mass is 297 g/mol. The molecule has 1 aliphatic rings. The summed E-state index contributed by atoms with van der Waals surface area (Å²) in [5.41, 5.74) is -0.0401. The van der Waals surface area contributed by atoms with Crippen molar-refractivity contribution in [2.45, 2.75) is 109 Å². The molecule has 1 N–H and O–H groups in total. The molecule has 126 valence electrons. The molecule has 1 fully saturated rings. The normalized spacial score (nSPS) is 18.9. The average Bonchev–Trinajstić information content (AvgIpc) is 2.50. The van der Waals surface area contributed by atoms with Gasteiger partial charge in [-0.05, 0) is 46.2 Å². The topological polar surface area (TPSA) is 23.5 Å². The zero-order valence-electron chi connectivity index (χ0n) is 14.9. The fourth-order valence-electron chi connectivity index (χ4n) is 3.51. The lowest BCUT2D eigenvalue weighted by molar-refractivity contribution is -0.0241. The third-order valence-corrected chi connectivity index (χ3v) is 5.32. The van der Waals surface area contributed by atoms with Crippen molar-refractivity contribution < 1.29 is 5.11 Å². The Labute approximate surface area is 133 Å². The minimum Gasteiger partial charge on any atom is -0.391 e. The molecule has 0 saturated carbocycles. The smallest absolute Gasteiger partial charge is 0.0718 e. The van der Waals surface area contributed by atoms with Gasteiger partial charge in [-0.25, -0.2) is 0 Å². The van der Waals surface area contributed by atoms with Crippen LogP contribution in [0.5, 0.6) is 0 Å². The van der Waals surface area contributed by atoms with Crippen LogP contribution in [0, 0.1) is 0 Å². The van der Waals surface area contributed by atoms with Crippen molar-refractivity contribution in [2.24, 2.45) is 0 Å². The highest BCUT2D eigenvalue weighted by Gasteiger charge is 2.34. The average molecular weight is 298 g/mol. The molecular formula is C19H39NO. The summed E-state index contributed by atoms with van der Waals surface area (Å²) in [6, 6.07) is 0. The Morgan fingerprint density at radius 1 is 0.857 bits per heavy atom. The summed E-state index contributed by atoms with van der Waals surface area (Å²) in [5.74, 6) is 0. The molecule has 0 aromatic rings. The Kier molecular flexibility index (Phi) is 9.59. The molecule has 0 aliphatic carbocycles. The van der Waals surface area contributed by atoms with E-state index in [1.165, 1.54) is 83.7 Å². The van der Waals surface area contributed by atoms with E-state index in [9.17, 15) is 5.11 Å². The summed E-state index contributed by atoms with van der Waals surface area (Å²) < 4.78 is 0. The fraction of sp³-hybridized carbons (Fsp3) is 1.00. The maximum Gasteiger partial charge on any atom is 0.0718 e. The van der Waals surface area contributed by atoms with Gasteiger partial charge >= 0.3 is 0 Å². The minimum atomic E-state index is -0.171. The Balaban J connectivity index is 2.10. The second kappa shape index (κ2) is 10.6. The lowest BCUT2D eigenvalue weighted by atomic mass is 9.89. The first-order chi connectivity index (χ1) is 10.1. The maximum atomic E-state index is 10.6. The number of aliphatic hydroxyl groups excluding tert-OH is 1. The van der Waals surface area contributed by atoms with E-state index in [2.05, 4.69) is 25.7 Å². The summed E-state index contributed by atoms with van der Waals surface area (Å²) in [5, 5.41) is 10.6. The molecule has 1 heterocycles. The maximum absolute atomic E-state index is 10.6. The van der Waals surface area contributed by atoms with Gasteiger partial charge in [0, 0.05) is 5.54 Å². The Hall–Kier alpha value is -0.0800. The van der Waals surface area contributed by atoms with Gasteiger partial charge in [0.2, 0.25) is 0 Å². The molecule has 1 saturated heterocycles. The third-order valence-electron chi connectivity index (χ3n) is 5.32. The lowest BCUT2D eigenvalue weighted by Crippen LogP contribution is -2.54. The number of aliphatic hydroxyl groups is 1. The molecule has 0 radical (unpaired) electrons. The van der Waals surface area contributed by atoms with Crippen LogP contribution in [0.25, 0.3) is 0 Å². The van der Waals surface area contributed by atoms with Crippen LogP contribution in [0.4, 0.5) is 0 Å². The molecule has 2 heteroatoms. The van der Waals surface area contributed by atoms with Crippen LogP contribution in [-0.2, 0) is 0 Å². The van der Waals surface area contributed by atoms with Crippen LogP contribution < -0.4 is 0 Å². The molecule has 2 nitrogen and oxygen atoms in total. The quantitative estimate of drug-likeness (QED) is 0.534. The van der Waals surface area contributed by atoms with Crippen molar-refractivity contribution in [3.63, 3.8) is 0 Å². The molecule has 21 heavy (non-hydrogen) atoms. The molecule has 1 aliphatic heterocycles. The molecule has 1 rings (SSSR count). The summed E-state index contributed by atoms with van der Waals surface area (Å²) in [6.07, 6.45) is 15.5. The lowest BCUT2D eigenvalue weighted by Gasteiger charge is -2.44. The van der Waals surface area contributed by atoms with Gasteiger partial charge in [0.15, 0.2) is 0 Å². The van der Waals surface area contributed by atoms with Crippen LogP contribution in [0.3, 0.4) is 0 Å². The fourth-order valence-corrected chi connectivity index (χ4v) is 3.51. The second-order valence-corrected chi connectivity index (χ2v) is 7.48. The summed E-state index contributed by atoms with van der Waals surface area (Å²) in [7, 11) is 0. The van der Waals surface area contributed by atoms with Crippen molar-refractivity contribution in [3.05, 3.63) is 0 Å². The first-order valence-electron chi connectivity index (χ1n) is 9.52. The van der Waals surface area contributed by atoms with Crippen LogP contribution >= 0.6 is 0 Å². The molecule has 0 bridgehead atoms. The summed E-state index contributed by atoms with van der Waals surface area (Å²) in [6.45, 7) is 9.07. The number of rotatable bonds is 11. The van der Waals surface area contributed by atoms with Gasteiger partial charge < -0.3 is 5.11 Å². The molecule has 1 unspecified atom stereocenters. The number of unbranched alkanes of at least 4 members (excludes halogenated alkanes) is 7. The zero-order chi connectivity index (χ0) is 15.6. The number of hydrogen-bond donors (Lipinski definition) is 1. The van der Waals surface area contributed by atoms with Crippen molar-refractivity contribution in [2.75, 3.05) is 13.1 Å². The number of piperidine rings is 1. The van der Waals surface area contributed by atoms with E-state index < -0.39 is 0 Å². The summed E-state index contributed by atoms with van der Waals surface area (Å²) >= 11 is 0. The van der Waals surface area contributed by atoms with Crippen molar-refractivity contribution in [1.29, 1.82) is 0 Å². The number of hydrogen-bond acceptors (Lipinski definition) is 2. The molecule has 0 spiro atoms. The van der Waals surface area contributed by atoms with Gasteiger partial charge in [0.25, 0.3) is 0 Å². The minimum absolute atomic E-state index is 0.0401. The zero-order valence-corrected chi connectivity index (χ0v) is 14.9. The first-order valence-corrected chi connectivity index (χ1v) is 9.52. The van der Waals surface area contributed by atoms with Crippen LogP contribution in [0.15, 0.2) is 0 Å². The first kappa shape index (κ1) is 19.0. The molecular weight excluding hydrogens is 258 g/mol. The van der Waals surface area contributed by atoms with Crippen LogP contribution in [0.2, 0.25) is 0 Å². The highest BCUT2D eigenvalue weighted by atomic mass is 16.3. The van der Waals surface area contributed by atoms with Crippen molar-refractivity contribution >= 4 is 0 Å². The number of likely N-dealkylation sites (tertiary alicyclic amines) is 1. The predicted octanol–water partition coefficient (Wildman–Crippen LogP) is 5.14. The van der Waals surface area contributed by atoms with Crippen LogP contribution in [-0.4, -0.2) is 34.7 Å². The van der Waals surface area contributed by atoms with E-state index in [4.69, 9.17) is 0 Å². The van der Waals surface area contributed by atoms with Crippen LogP contribution in [0.1, 0.15) is 97.8 Å². The molecule has 1 atom stereocenters. The van der Waals surface area contributed by atoms with Crippen molar-refractivity contribution in [1.82, 2.24) is 4.90 Å². The van der Waals surface area contributed by atoms with E-state index in [1.54, 1.807) is 0 Å². The van der Waals surface area contributed by atoms with E-state index in [-0.39, 0.29) is 11.6 Å². The van der Waals surface area contributed by atoms with E-state index in [0.717, 1.165) is 6.42 Å². The summed E-state index contributed by atoms with van der Waals surface area (Å²) in [4.78, 5) is 2.51. The molecule has 0 aromatic carbocycles. The Bertz CT molecular complexity index is 246. The van der Waals surface area contributed by atoms with Gasteiger partial charge in [-0.15, -0.1) is 0 Å². The van der Waals surface area contributed by atoms with E-state index in [1.807, 2.05) is 0 Å². The largest absolute Gasteiger partial charge is 0.391 e. The van der Waals surface area contributed by atoms with E-state index >= 15 is 0 Å². The second-order valence-electron chi connectivity index (χ2n) is 7.48. The van der Waals surface area contributed by atoms with Gasteiger partial charge in [-0.2, -0.15) is 0 Å². The Morgan fingerprint density at radius 3 is 1.95 bits per heavy atom. The van der Waals surface area contributed by atoms with Gasteiger partial charge in [-0.1, -0.05) is 64.7 Å². The highest BCUT2D eigenvalue weighted by molar-refractivity contribution is 4.90.